The van der Waals surface area contributed by atoms with Crippen LogP contribution in [0.4, 0.5) is 4.79 Å². The van der Waals surface area contributed by atoms with Gasteiger partial charge in [-0.05, 0) is 20.8 Å². The topological polar surface area (TPSA) is 76.7 Å². The molecule has 0 saturated heterocycles. The molecular formula is C7H15N3O2. The number of nitrogens with one attached hydrogen (secondary N) is 1. The lowest BCUT2D eigenvalue weighted by molar-refractivity contribution is 0.116. The number of ether oxygens (including phenoxy) is 1. The number of nitrogens with two attached hydrogens (primary N) is 1. The van der Waals surface area contributed by atoms with E-state index in [0.717, 1.165) is 0 Å². The lowest BCUT2D eigenvalue weighted by Crippen LogP contribution is -2.24. The quantitative estimate of drug-likeness (QED) is 0.480. The van der Waals surface area contributed by atoms with E-state index in [9.17, 15) is 4.79 Å². The van der Waals surface area contributed by atoms with Gasteiger partial charge in [0.15, 0.2) is 0 Å². The Morgan fingerprint density at radius 2 is 2.25 bits per heavy atom. The maximum Gasteiger partial charge on any atom is 0.427 e. The molecule has 0 aliphatic carbocycles. The number of hydrogen-bond acceptors (Lipinski definition) is 4. The monoisotopic (exact) mass is 173 g/mol. The van der Waals surface area contributed by atoms with E-state index in [1.807, 2.05) is 0 Å². The third-order valence-corrected chi connectivity index (χ3v) is 0.976. The van der Waals surface area contributed by atoms with Crippen molar-refractivity contribution in [2.45, 2.75) is 26.9 Å². The Labute approximate surface area is 72.0 Å². The number of carbonyl (C=O) groups is 1. The van der Waals surface area contributed by atoms with Gasteiger partial charge >= 0.3 is 6.09 Å². The first-order valence-electron chi connectivity index (χ1n) is 3.76. The van der Waals surface area contributed by atoms with Crippen molar-refractivity contribution in [1.29, 1.82) is 0 Å². The van der Waals surface area contributed by atoms with Crippen LogP contribution in [0.25, 0.3) is 0 Å². The van der Waals surface area contributed by atoms with Crippen LogP contribution in [0.3, 0.4) is 0 Å². The molecule has 3 N–H and O–H groups in total. The van der Waals surface area contributed by atoms with Gasteiger partial charge < -0.3 is 10.5 Å². The number of rotatable bonds is 3. The molecule has 0 aromatic rings. The van der Waals surface area contributed by atoms with Crippen molar-refractivity contribution in [2.24, 2.45) is 10.8 Å². The van der Waals surface area contributed by atoms with Gasteiger partial charge in [-0.2, -0.15) is 5.10 Å². The molecule has 0 aliphatic heterocycles. The fraction of sp³-hybridized carbons (Fsp3) is 0.714. The molecule has 0 radical (unpaired) electrons. The maximum atomic E-state index is 10.8. The van der Waals surface area contributed by atoms with E-state index >= 15 is 0 Å². The number of hydrogen-bond donors (Lipinski definition) is 2. The van der Waals surface area contributed by atoms with Gasteiger partial charge in [0, 0.05) is 12.3 Å². The molecule has 1 amide bonds. The lowest BCUT2D eigenvalue weighted by Gasteiger charge is -2.06. The van der Waals surface area contributed by atoms with Crippen LogP contribution in [-0.4, -0.2) is 24.5 Å². The van der Waals surface area contributed by atoms with E-state index in [1.54, 1.807) is 20.8 Å². The van der Waals surface area contributed by atoms with Crippen molar-refractivity contribution >= 4 is 11.8 Å². The molecule has 0 atom stereocenters. The van der Waals surface area contributed by atoms with Crippen LogP contribution in [0.5, 0.6) is 0 Å². The van der Waals surface area contributed by atoms with E-state index in [1.165, 1.54) is 0 Å². The molecule has 0 fully saturated rings. The van der Waals surface area contributed by atoms with Gasteiger partial charge in [0.2, 0.25) is 0 Å². The molecule has 5 heteroatoms. The lowest BCUT2D eigenvalue weighted by atomic mass is 10.4. The Bertz CT molecular complexity index is 177. The Balaban J connectivity index is 3.71. The molecule has 0 aromatic carbocycles. The van der Waals surface area contributed by atoms with Gasteiger partial charge in [-0.3, -0.25) is 0 Å². The third kappa shape index (κ3) is 5.67. The summed E-state index contributed by atoms with van der Waals surface area (Å²) in [5.74, 6) is 0. The normalized spacial score (nSPS) is 11.6. The van der Waals surface area contributed by atoms with Crippen molar-refractivity contribution in [3.63, 3.8) is 0 Å². The zero-order chi connectivity index (χ0) is 9.56. The summed E-state index contributed by atoms with van der Waals surface area (Å²) in [7, 11) is 0. The van der Waals surface area contributed by atoms with Crippen LogP contribution in [0.15, 0.2) is 5.10 Å². The first kappa shape index (κ1) is 10.9. The fourth-order valence-corrected chi connectivity index (χ4v) is 0.427. The Morgan fingerprint density at radius 1 is 1.67 bits per heavy atom. The maximum absolute atomic E-state index is 10.8. The summed E-state index contributed by atoms with van der Waals surface area (Å²) >= 11 is 0. The van der Waals surface area contributed by atoms with Crippen molar-refractivity contribution in [2.75, 3.05) is 6.54 Å². The minimum atomic E-state index is -0.558. The molecule has 0 aliphatic rings. The number of hydrazone groups is 1. The molecule has 0 unspecified atom stereocenters. The van der Waals surface area contributed by atoms with E-state index in [-0.39, 0.29) is 6.10 Å². The van der Waals surface area contributed by atoms with Crippen molar-refractivity contribution in [3.8, 4) is 0 Å². The average Bonchev–Trinajstić information content (AvgIpc) is 1.99. The fourth-order valence-electron chi connectivity index (χ4n) is 0.427. The van der Waals surface area contributed by atoms with Crippen LogP contribution in [0.2, 0.25) is 0 Å². The summed E-state index contributed by atoms with van der Waals surface area (Å²) in [6.07, 6.45) is -0.698. The summed E-state index contributed by atoms with van der Waals surface area (Å²) in [6.45, 7) is 5.57. The Hall–Kier alpha value is -1.10. The largest absolute Gasteiger partial charge is 0.446 e. The molecule has 0 heterocycles. The van der Waals surface area contributed by atoms with Crippen LogP contribution < -0.4 is 11.2 Å². The molecule has 12 heavy (non-hydrogen) atoms. The van der Waals surface area contributed by atoms with Gasteiger partial charge in [0.25, 0.3) is 0 Å². The van der Waals surface area contributed by atoms with Crippen molar-refractivity contribution in [3.05, 3.63) is 0 Å². The zero-order valence-electron chi connectivity index (χ0n) is 7.63. The third-order valence-electron chi connectivity index (χ3n) is 0.976. The molecule has 0 spiro atoms. The first-order valence-corrected chi connectivity index (χ1v) is 3.76. The standard InChI is InChI=1S/C7H15N3O2/c1-5(2)12-7(11)10-9-6(3)4-8/h5H,4,8H2,1-3H3,(H,10,11). The van der Waals surface area contributed by atoms with Crippen molar-refractivity contribution < 1.29 is 9.53 Å². The van der Waals surface area contributed by atoms with Gasteiger partial charge in [0.1, 0.15) is 0 Å². The predicted molar refractivity (Wildman–Crippen MR) is 46.9 cm³/mol. The molecule has 0 bridgehead atoms. The average molecular weight is 173 g/mol. The predicted octanol–water partition coefficient (Wildman–Crippen LogP) is 0.456. The summed E-state index contributed by atoms with van der Waals surface area (Å²) in [6, 6.07) is 0. The van der Waals surface area contributed by atoms with Crippen molar-refractivity contribution in [1.82, 2.24) is 5.43 Å². The minimum Gasteiger partial charge on any atom is -0.446 e. The highest BCUT2D eigenvalue weighted by Crippen LogP contribution is 1.87. The second-order valence-corrected chi connectivity index (χ2v) is 2.62. The van der Waals surface area contributed by atoms with Gasteiger partial charge in [-0.15, -0.1) is 0 Å². The minimum absolute atomic E-state index is 0.140. The van der Waals surface area contributed by atoms with E-state index in [2.05, 4.69) is 10.5 Å². The van der Waals surface area contributed by atoms with Crippen LogP contribution in [0, 0.1) is 0 Å². The van der Waals surface area contributed by atoms with E-state index < -0.39 is 6.09 Å². The van der Waals surface area contributed by atoms with Gasteiger partial charge in [-0.1, -0.05) is 0 Å². The molecule has 0 saturated carbocycles. The second kappa shape index (κ2) is 5.54. The van der Waals surface area contributed by atoms with Crippen LogP contribution in [-0.2, 0) is 4.74 Å². The molecule has 0 aromatic heterocycles. The van der Waals surface area contributed by atoms with E-state index in [4.69, 9.17) is 10.5 Å². The summed E-state index contributed by atoms with van der Waals surface area (Å²) in [5.41, 5.74) is 8.10. The summed E-state index contributed by atoms with van der Waals surface area (Å²) in [4.78, 5) is 10.8. The highest BCUT2D eigenvalue weighted by Gasteiger charge is 2.01. The molecular weight excluding hydrogens is 158 g/mol. The SMILES string of the molecule is CC(CN)=NNC(=O)OC(C)C. The first-order chi connectivity index (χ1) is 5.56. The highest BCUT2D eigenvalue weighted by molar-refractivity contribution is 5.84. The van der Waals surface area contributed by atoms with Gasteiger partial charge in [0.05, 0.1) is 6.10 Å². The zero-order valence-corrected chi connectivity index (χ0v) is 7.63. The summed E-state index contributed by atoms with van der Waals surface area (Å²) in [5, 5.41) is 3.66. The van der Waals surface area contributed by atoms with Crippen LogP contribution >= 0.6 is 0 Å². The molecule has 0 rings (SSSR count). The highest BCUT2D eigenvalue weighted by atomic mass is 16.6. The number of carbonyl (C=O) groups excluding carboxylic acids is 1. The molecule has 70 valence electrons. The Morgan fingerprint density at radius 3 is 2.67 bits per heavy atom. The smallest absolute Gasteiger partial charge is 0.427 e. The molecule has 5 nitrogen and oxygen atoms in total. The second-order valence-electron chi connectivity index (χ2n) is 2.62. The van der Waals surface area contributed by atoms with Crippen LogP contribution in [0.1, 0.15) is 20.8 Å². The summed E-state index contributed by atoms with van der Waals surface area (Å²) < 4.78 is 4.75. The number of nitrogens with zero attached hydrogens (tertiary/aromatic N) is 1. The number of amides is 1. The Kier molecular flexibility index (Phi) is 5.03. The van der Waals surface area contributed by atoms with Gasteiger partial charge in [-0.25, -0.2) is 10.2 Å². The van der Waals surface area contributed by atoms with E-state index in [0.29, 0.717) is 12.3 Å².